The summed E-state index contributed by atoms with van der Waals surface area (Å²) in [6, 6.07) is 10.9. The van der Waals surface area contributed by atoms with Gasteiger partial charge in [0.15, 0.2) is 0 Å². The lowest BCUT2D eigenvalue weighted by Crippen LogP contribution is -2.48. The zero-order valence-corrected chi connectivity index (χ0v) is 13.2. The first-order chi connectivity index (χ1) is 11.1. The van der Waals surface area contributed by atoms with Crippen molar-refractivity contribution in [3.63, 3.8) is 0 Å². The molecule has 2 saturated heterocycles. The largest absolute Gasteiger partial charge is 0.481 e. The van der Waals surface area contributed by atoms with Crippen LogP contribution in [0.25, 0.3) is 11.1 Å². The van der Waals surface area contributed by atoms with Gasteiger partial charge in [-0.25, -0.2) is 0 Å². The van der Waals surface area contributed by atoms with Crippen molar-refractivity contribution in [2.75, 3.05) is 7.05 Å². The number of furan rings is 1. The second-order valence-corrected chi connectivity index (χ2v) is 6.80. The van der Waals surface area contributed by atoms with Crippen LogP contribution in [0.2, 0.25) is 0 Å². The van der Waals surface area contributed by atoms with E-state index in [0.717, 1.165) is 36.0 Å². The van der Waals surface area contributed by atoms with Crippen LogP contribution in [0.1, 0.15) is 30.7 Å². The van der Waals surface area contributed by atoms with Gasteiger partial charge in [0.25, 0.3) is 0 Å². The molecule has 2 aliphatic rings. The highest BCUT2D eigenvalue weighted by Crippen LogP contribution is 2.46. The first kappa shape index (κ1) is 14.5. The molecule has 4 rings (SSSR count). The summed E-state index contributed by atoms with van der Waals surface area (Å²) in [6.45, 7) is 0. The molecule has 2 fully saturated rings. The summed E-state index contributed by atoms with van der Waals surface area (Å²) in [5, 5.41) is 9.77. The van der Waals surface area contributed by atoms with Crippen molar-refractivity contribution >= 4 is 5.97 Å². The third kappa shape index (κ3) is 2.38. The molecule has 4 nitrogen and oxygen atoms in total. The fourth-order valence-electron chi connectivity index (χ4n) is 4.50. The van der Waals surface area contributed by atoms with E-state index in [1.54, 1.807) is 12.5 Å². The Morgan fingerprint density at radius 1 is 1.17 bits per heavy atom. The molecular weight excluding hydrogens is 290 g/mol. The predicted molar refractivity (Wildman–Crippen MR) is 87.2 cm³/mol. The van der Waals surface area contributed by atoms with Gasteiger partial charge in [0.2, 0.25) is 0 Å². The lowest BCUT2D eigenvalue weighted by Gasteiger charge is -2.41. The molecule has 0 aliphatic carbocycles. The van der Waals surface area contributed by atoms with Gasteiger partial charge in [0.1, 0.15) is 0 Å². The SMILES string of the molecule is CN1[C@H]2CC[C@@H]1[C@@H](C(=O)O)[C@@H](c1ccc(-c3ccoc3)cc1)C2. The molecule has 2 aliphatic heterocycles. The van der Waals surface area contributed by atoms with Gasteiger partial charge in [-0.1, -0.05) is 24.3 Å². The van der Waals surface area contributed by atoms with Crippen LogP contribution in [0.4, 0.5) is 0 Å². The molecule has 0 spiro atoms. The van der Waals surface area contributed by atoms with E-state index in [1.807, 2.05) is 6.07 Å². The number of rotatable bonds is 3. The summed E-state index contributed by atoms with van der Waals surface area (Å²) in [5.74, 6) is -0.857. The number of carboxylic acid groups (broad SMARTS) is 1. The van der Waals surface area contributed by atoms with Gasteiger partial charge in [-0.2, -0.15) is 0 Å². The van der Waals surface area contributed by atoms with E-state index >= 15 is 0 Å². The van der Waals surface area contributed by atoms with Crippen LogP contribution in [-0.4, -0.2) is 35.1 Å². The second-order valence-electron chi connectivity index (χ2n) is 6.80. The van der Waals surface area contributed by atoms with E-state index in [0.29, 0.717) is 6.04 Å². The van der Waals surface area contributed by atoms with E-state index < -0.39 is 5.97 Å². The van der Waals surface area contributed by atoms with Crippen molar-refractivity contribution in [2.45, 2.75) is 37.3 Å². The topological polar surface area (TPSA) is 53.7 Å². The van der Waals surface area contributed by atoms with Gasteiger partial charge in [-0.15, -0.1) is 0 Å². The molecule has 0 unspecified atom stereocenters. The van der Waals surface area contributed by atoms with Gasteiger partial charge in [-0.05, 0) is 43.5 Å². The van der Waals surface area contributed by atoms with Crippen LogP contribution < -0.4 is 0 Å². The lowest BCUT2D eigenvalue weighted by molar-refractivity contribution is -0.146. The molecule has 2 aromatic rings. The van der Waals surface area contributed by atoms with Crippen molar-refractivity contribution in [1.82, 2.24) is 4.90 Å². The van der Waals surface area contributed by atoms with Crippen molar-refractivity contribution in [2.24, 2.45) is 5.92 Å². The Balaban J connectivity index is 1.65. The monoisotopic (exact) mass is 311 g/mol. The van der Waals surface area contributed by atoms with E-state index in [1.165, 1.54) is 0 Å². The third-order valence-electron chi connectivity index (χ3n) is 5.75. The number of hydrogen-bond donors (Lipinski definition) is 1. The highest BCUT2D eigenvalue weighted by molar-refractivity contribution is 5.73. The minimum atomic E-state index is -0.661. The Labute approximate surface area is 135 Å². The zero-order valence-electron chi connectivity index (χ0n) is 13.2. The molecule has 1 aromatic heterocycles. The molecule has 0 saturated carbocycles. The third-order valence-corrected chi connectivity index (χ3v) is 5.75. The summed E-state index contributed by atoms with van der Waals surface area (Å²) in [5.41, 5.74) is 3.30. The van der Waals surface area contributed by atoms with Crippen molar-refractivity contribution in [3.05, 3.63) is 48.4 Å². The van der Waals surface area contributed by atoms with Gasteiger partial charge in [-0.3, -0.25) is 9.69 Å². The van der Waals surface area contributed by atoms with E-state index in [-0.39, 0.29) is 17.9 Å². The quantitative estimate of drug-likeness (QED) is 0.941. The molecule has 4 atom stereocenters. The fraction of sp³-hybridized carbons (Fsp3) is 0.421. The van der Waals surface area contributed by atoms with Crippen molar-refractivity contribution < 1.29 is 14.3 Å². The summed E-state index contributed by atoms with van der Waals surface area (Å²) in [7, 11) is 2.08. The number of benzene rings is 1. The van der Waals surface area contributed by atoms with Crippen molar-refractivity contribution in [3.8, 4) is 11.1 Å². The summed E-state index contributed by atoms with van der Waals surface area (Å²) in [4.78, 5) is 14.2. The summed E-state index contributed by atoms with van der Waals surface area (Å²) in [6.07, 6.45) is 6.45. The van der Waals surface area contributed by atoms with Gasteiger partial charge in [0, 0.05) is 23.6 Å². The molecule has 120 valence electrons. The second kappa shape index (κ2) is 5.53. The number of carbonyl (C=O) groups is 1. The normalized spacial score (nSPS) is 30.5. The number of aliphatic carboxylic acids is 1. The molecular formula is C19H21NO3. The van der Waals surface area contributed by atoms with E-state index in [9.17, 15) is 9.90 Å². The Bertz CT molecular complexity index is 692. The molecule has 1 aromatic carbocycles. The van der Waals surface area contributed by atoms with Crippen LogP contribution in [0.5, 0.6) is 0 Å². The summed E-state index contributed by atoms with van der Waals surface area (Å²) < 4.78 is 5.13. The maximum absolute atomic E-state index is 11.9. The van der Waals surface area contributed by atoms with Crippen molar-refractivity contribution in [1.29, 1.82) is 0 Å². The number of piperidine rings is 1. The van der Waals surface area contributed by atoms with Gasteiger partial charge < -0.3 is 9.52 Å². The fourth-order valence-corrected chi connectivity index (χ4v) is 4.50. The standard InChI is InChI=1S/C19H21NO3/c1-20-15-6-7-17(20)18(19(21)22)16(10-15)13-4-2-12(3-5-13)14-8-9-23-11-14/h2-5,8-9,11,15-18H,6-7,10H2,1H3,(H,21,22)/t15-,16+,17+,18-/m0/s1. The maximum atomic E-state index is 11.9. The average molecular weight is 311 g/mol. The van der Waals surface area contributed by atoms with Crippen LogP contribution in [0, 0.1) is 5.92 Å². The number of fused-ring (bicyclic) bond motifs is 2. The molecule has 4 heteroatoms. The molecule has 3 heterocycles. The Hall–Kier alpha value is -2.07. The smallest absolute Gasteiger partial charge is 0.308 e. The minimum absolute atomic E-state index is 0.111. The number of hydrogen-bond acceptors (Lipinski definition) is 3. The molecule has 23 heavy (non-hydrogen) atoms. The first-order valence-corrected chi connectivity index (χ1v) is 8.22. The maximum Gasteiger partial charge on any atom is 0.308 e. The first-order valence-electron chi connectivity index (χ1n) is 8.22. The van der Waals surface area contributed by atoms with E-state index in [4.69, 9.17) is 4.42 Å². The number of carboxylic acids is 1. The summed E-state index contributed by atoms with van der Waals surface area (Å²) >= 11 is 0. The van der Waals surface area contributed by atoms with Gasteiger partial charge >= 0.3 is 5.97 Å². The highest BCUT2D eigenvalue weighted by atomic mass is 16.4. The average Bonchev–Trinajstić information content (AvgIpc) is 3.14. The Morgan fingerprint density at radius 2 is 1.96 bits per heavy atom. The molecule has 0 amide bonds. The zero-order chi connectivity index (χ0) is 16.0. The lowest BCUT2D eigenvalue weighted by atomic mass is 9.76. The minimum Gasteiger partial charge on any atom is -0.481 e. The molecule has 0 radical (unpaired) electrons. The van der Waals surface area contributed by atoms with Gasteiger partial charge in [0.05, 0.1) is 18.4 Å². The van der Waals surface area contributed by atoms with Crippen LogP contribution in [0.3, 0.4) is 0 Å². The van der Waals surface area contributed by atoms with Crippen LogP contribution in [0.15, 0.2) is 47.3 Å². The number of nitrogens with zero attached hydrogens (tertiary/aromatic N) is 1. The van der Waals surface area contributed by atoms with Crippen LogP contribution >= 0.6 is 0 Å². The van der Waals surface area contributed by atoms with Crippen LogP contribution in [-0.2, 0) is 4.79 Å². The predicted octanol–water partition coefficient (Wildman–Crippen LogP) is 3.60. The van der Waals surface area contributed by atoms with E-state index in [2.05, 4.69) is 36.2 Å². The Morgan fingerprint density at radius 3 is 2.61 bits per heavy atom. The highest BCUT2D eigenvalue weighted by Gasteiger charge is 2.49. The molecule has 1 N–H and O–H groups in total. The Kier molecular flexibility index (Phi) is 3.49. The molecule has 2 bridgehead atoms.